The summed E-state index contributed by atoms with van der Waals surface area (Å²) in [7, 11) is 3.18. The third-order valence-corrected chi connectivity index (χ3v) is 10.5. The van der Waals surface area contributed by atoms with Gasteiger partial charge in [-0.25, -0.2) is 8.78 Å². The third-order valence-electron chi connectivity index (χ3n) is 6.89. The number of halogens is 6. The summed E-state index contributed by atoms with van der Waals surface area (Å²) in [6, 6.07) is 19.6. The Bertz CT molecular complexity index is 2060. The first kappa shape index (κ1) is 42.9. The summed E-state index contributed by atoms with van der Waals surface area (Å²) >= 11 is 20.4. The van der Waals surface area contributed by atoms with Crippen molar-refractivity contribution in [3.05, 3.63) is 126 Å². The van der Waals surface area contributed by atoms with E-state index in [1.807, 2.05) is 44.2 Å². The molecule has 6 aromatic rings. The van der Waals surface area contributed by atoms with Crippen LogP contribution in [0.15, 0.2) is 60.7 Å². The maximum atomic E-state index is 13.5. The second-order valence-electron chi connectivity index (χ2n) is 10.4. The Labute approximate surface area is 333 Å². The van der Waals surface area contributed by atoms with E-state index < -0.39 is 5.24 Å². The Balaban J connectivity index is 0.000000276. The molecule has 0 saturated heterocycles. The number of hydrogen-bond acceptors (Lipinski definition) is 6. The standard InChI is InChI=1S/C18H14ClFO2S.C10H6Cl2O2S.C8H8F.BrH.Mg/c1-9-6-11(20)7-10(2)15(9)17(21)18-16(19)13-5-4-12(22-3)8-14(13)23-18;1-14-5-2-3-6-7(4-5)15-9(8(6)11)10(12)13;1-6-3-7(2)5-8(9)4-6;;/h4-8H,1-3H3;2-4H,1H3;4-5H,1-2H3;1H;/q;;-1;;+2/p-1. The summed E-state index contributed by atoms with van der Waals surface area (Å²) in [5.74, 6) is 0.746. The first-order valence-corrected chi connectivity index (χ1v) is 16.7. The molecular formula is C36H28BrCl3F2MgO4S2. The SMILES string of the molecule is COc1ccc2c(Cl)c(C(=O)Cl)sc2c1.COc1ccc2c(Cl)c(C(=O)c3c(C)cc(F)cc3C)sc2c1.Cc1[c-]c(C)cc(F)c1.[Br-].[Mg+2]. The van der Waals surface area contributed by atoms with Crippen LogP contribution in [0.4, 0.5) is 8.78 Å². The molecule has 13 heteroatoms. The van der Waals surface area contributed by atoms with E-state index in [9.17, 15) is 18.4 Å². The predicted molar refractivity (Wildman–Crippen MR) is 197 cm³/mol. The Hall–Kier alpha value is -2.28. The fraction of sp³-hybridized carbons (Fsp3) is 0.167. The van der Waals surface area contributed by atoms with Crippen LogP contribution in [0.2, 0.25) is 10.0 Å². The van der Waals surface area contributed by atoms with Crippen molar-refractivity contribution >= 4 is 112 Å². The second kappa shape index (κ2) is 18.8. The predicted octanol–water partition coefficient (Wildman–Crippen LogP) is 8.36. The zero-order chi connectivity index (χ0) is 34.6. The molecule has 0 unspecified atom stereocenters. The molecule has 0 aliphatic carbocycles. The number of carbonyl (C=O) groups excluding carboxylic acids is 2. The van der Waals surface area contributed by atoms with Gasteiger partial charge in [0.25, 0.3) is 5.24 Å². The maximum absolute atomic E-state index is 13.5. The number of aryl methyl sites for hydroxylation is 4. The van der Waals surface area contributed by atoms with Crippen molar-refractivity contribution in [2.75, 3.05) is 14.2 Å². The molecule has 0 N–H and O–H groups in total. The molecule has 4 nitrogen and oxygen atoms in total. The quantitative estimate of drug-likeness (QED) is 0.0759. The van der Waals surface area contributed by atoms with Crippen molar-refractivity contribution in [3.63, 3.8) is 0 Å². The van der Waals surface area contributed by atoms with E-state index in [4.69, 9.17) is 44.3 Å². The normalized spacial score (nSPS) is 10.2. The number of benzene rings is 4. The summed E-state index contributed by atoms with van der Waals surface area (Å²) in [5, 5.41) is 1.96. The summed E-state index contributed by atoms with van der Waals surface area (Å²) in [5.41, 5.74) is 3.43. The van der Waals surface area contributed by atoms with Gasteiger partial charge in [-0.1, -0.05) is 37.0 Å². The van der Waals surface area contributed by atoms with Crippen molar-refractivity contribution in [3.8, 4) is 11.5 Å². The second-order valence-corrected chi connectivity index (χ2v) is 13.6. The van der Waals surface area contributed by atoms with Crippen LogP contribution < -0.4 is 26.5 Å². The van der Waals surface area contributed by atoms with Gasteiger partial charge < -0.3 is 26.5 Å². The van der Waals surface area contributed by atoms with Gasteiger partial charge in [0.15, 0.2) is 0 Å². The van der Waals surface area contributed by atoms with Crippen LogP contribution in [0.1, 0.15) is 47.2 Å². The van der Waals surface area contributed by atoms with E-state index in [1.54, 1.807) is 34.1 Å². The Morgan fingerprint density at radius 2 is 1.10 bits per heavy atom. The van der Waals surface area contributed by atoms with E-state index >= 15 is 0 Å². The topological polar surface area (TPSA) is 52.6 Å². The molecule has 0 radical (unpaired) electrons. The molecule has 0 aliphatic heterocycles. The molecule has 49 heavy (non-hydrogen) atoms. The molecule has 0 saturated carbocycles. The Morgan fingerprint density at radius 1 is 0.694 bits per heavy atom. The molecule has 2 heterocycles. The summed E-state index contributed by atoms with van der Waals surface area (Å²) in [6.07, 6.45) is 0. The minimum absolute atomic E-state index is 0. The van der Waals surface area contributed by atoms with Gasteiger partial charge in [-0.15, -0.1) is 34.8 Å². The van der Waals surface area contributed by atoms with Gasteiger partial charge >= 0.3 is 23.1 Å². The summed E-state index contributed by atoms with van der Waals surface area (Å²) < 4.78 is 37.9. The van der Waals surface area contributed by atoms with Gasteiger partial charge in [-0.05, 0) is 85.1 Å². The van der Waals surface area contributed by atoms with Gasteiger partial charge in [0, 0.05) is 31.6 Å². The van der Waals surface area contributed by atoms with Gasteiger partial charge in [0.1, 0.15) is 22.2 Å². The van der Waals surface area contributed by atoms with Crippen LogP contribution in [-0.2, 0) is 0 Å². The zero-order valence-corrected chi connectivity index (χ0v) is 34.1. The molecule has 2 aromatic heterocycles. The molecule has 6 rings (SSSR count). The van der Waals surface area contributed by atoms with Gasteiger partial charge in [-0.3, -0.25) is 9.59 Å². The van der Waals surface area contributed by atoms with Gasteiger partial charge in [0.2, 0.25) is 5.78 Å². The molecule has 0 aliphatic rings. The average Bonchev–Trinajstić information content (AvgIpc) is 3.52. The Morgan fingerprint density at radius 3 is 1.51 bits per heavy atom. The van der Waals surface area contributed by atoms with Crippen LogP contribution in [0.5, 0.6) is 11.5 Å². The van der Waals surface area contributed by atoms with Crippen LogP contribution in [0.3, 0.4) is 0 Å². The molecule has 0 spiro atoms. The van der Waals surface area contributed by atoms with E-state index in [0.29, 0.717) is 42.2 Å². The van der Waals surface area contributed by atoms with Gasteiger partial charge in [-0.2, -0.15) is 17.2 Å². The first-order chi connectivity index (χ1) is 22.2. The van der Waals surface area contributed by atoms with Crippen molar-refractivity contribution in [1.82, 2.24) is 0 Å². The Kier molecular flexibility index (Phi) is 16.5. The number of ether oxygens (including phenoxy) is 2. The minimum Gasteiger partial charge on any atom is -1.00 e. The number of hydrogen-bond donors (Lipinski definition) is 0. The molecule has 4 aromatic carbocycles. The molecule has 252 valence electrons. The fourth-order valence-corrected chi connectivity index (χ4v) is 7.97. The summed E-state index contributed by atoms with van der Waals surface area (Å²) in [4.78, 5) is 24.8. The molecule has 0 fully saturated rings. The van der Waals surface area contributed by atoms with E-state index in [2.05, 4.69) is 6.07 Å². The first-order valence-electron chi connectivity index (χ1n) is 13.9. The van der Waals surface area contributed by atoms with Crippen molar-refractivity contribution in [1.29, 1.82) is 0 Å². The van der Waals surface area contributed by atoms with E-state index in [1.165, 1.54) is 46.9 Å². The largest absolute Gasteiger partial charge is 2.00 e. The number of ketones is 1. The van der Waals surface area contributed by atoms with Crippen molar-refractivity contribution < 1.29 is 44.8 Å². The number of carbonyl (C=O) groups is 2. The minimum atomic E-state index is -0.528. The smallest absolute Gasteiger partial charge is 1.00 e. The van der Waals surface area contributed by atoms with Crippen LogP contribution >= 0.6 is 57.5 Å². The average molecular weight is 837 g/mol. The molecular weight excluding hydrogens is 809 g/mol. The van der Waals surface area contributed by atoms with Crippen LogP contribution in [-0.4, -0.2) is 48.3 Å². The number of rotatable bonds is 5. The fourth-order valence-electron chi connectivity index (χ4n) is 4.84. The number of fused-ring (bicyclic) bond motifs is 2. The van der Waals surface area contributed by atoms with Crippen LogP contribution in [0, 0.1) is 45.4 Å². The van der Waals surface area contributed by atoms with Gasteiger partial charge in [0.05, 0.1) is 29.1 Å². The molecule has 0 amide bonds. The zero-order valence-electron chi connectivity index (χ0n) is 27.2. The third kappa shape index (κ3) is 10.4. The molecule has 0 atom stereocenters. The monoisotopic (exact) mass is 834 g/mol. The van der Waals surface area contributed by atoms with E-state index in [0.717, 1.165) is 37.0 Å². The maximum Gasteiger partial charge on any atom is 2.00 e. The van der Waals surface area contributed by atoms with Crippen molar-refractivity contribution in [2.45, 2.75) is 27.7 Å². The number of thiophene rings is 2. The van der Waals surface area contributed by atoms with E-state index in [-0.39, 0.29) is 57.5 Å². The summed E-state index contributed by atoms with van der Waals surface area (Å²) in [6.45, 7) is 7.12. The van der Waals surface area contributed by atoms with Crippen molar-refractivity contribution in [2.24, 2.45) is 0 Å². The molecule has 0 bridgehead atoms. The van der Waals surface area contributed by atoms with Crippen LogP contribution in [0.25, 0.3) is 20.2 Å². The number of methoxy groups -OCH3 is 2.